The van der Waals surface area contributed by atoms with Gasteiger partial charge in [-0.25, -0.2) is 4.98 Å². The monoisotopic (exact) mass is 465 g/mol. The van der Waals surface area contributed by atoms with Crippen LogP contribution in [0, 0.1) is 0 Å². The van der Waals surface area contributed by atoms with E-state index in [0.29, 0.717) is 6.42 Å². The Morgan fingerprint density at radius 3 is 2.55 bits per heavy atom. The van der Waals surface area contributed by atoms with Crippen molar-refractivity contribution in [2.75, 3.05) is 5.73 Å². The summed E-state index contributed by atoms with van der Waals surface area (Å²) in [6.45, 7) is 4.26. The summed E-state index contributed by atoms with van der Waals surface area (Å²) in [5.74, 6) is -2.13. The predicted molar refractivity (Wildman–Crippen MR) is 113 cm³/mol. The number of hydrogen-bond donors (Lipinski definition) is 3. The van der Waals surface area contributed by atoms with E-state index in [0.717, 1.165) is 26.7 Å². The van der Waals surface area contributed by atoms with Gasteiger partial charge in [0.25, 0.3) is 5.56 Å². The number of ether oxygens (including phenoxy) is 3. The maximum absolute atomic E-state index is 12.6. The van der Waals surface area contributed by atoms with E-state index in [1.807, 2.05) is 6.92 Å². The van der Waals surface area contributed by atoms with E-state index in [2.05, 4.69) is 15.0 Å². The Morgan fingerprint density at radius 1 is 1.24 bits per heavy atom. The molecule has 0 radical (unpaired) electrons. The van der Waals surface area contributed by atoms with E-state index in [-0.39, 0.29) is 23.5 Å². The van der Waals surface area contributed by atoms with Gasteiger partial charge in [0.2, 0.25) is 5.95 Å². The number of carbonyl (C=O) groups is 3. The van der Waals surface area contributed by atoms with Crippen molar-refractivity contribution in [1.82, 2.24) is 19.5 Å². The van der Waals surface area contributed by atoms with Gasteiger partial charge in [0.15, 0.2) is 35.4 Å². The number of aliphatic hydroxyl groups excluding tert-OH is 1. The average molecular weight is 465 g/mol. The van der Waals surface area contributed by atoms with Crippen LogP contribution in [-0.4, -0.2) is 66.8 Å². The number of anilines is 1. The highest BCUT2D eigenvalue weighted by atomic mass is 16.6. The zero-order chi connectivity index (χ0) is 24.3. The molecule has 13 heteroatoms. The molecule has 1 fully saturated rings. The number of aromatic amines is 1. The molecule has 180 valence electrons. The highest BCUT2D eigenvalue weighted by Crippen LogP contribution is 2.37. The molecule has 5 atom stereocenters. The third-order valence-corrected chi connectivity index (χ3v) is 5.22. The number of nitrogens with zero attached hydrogens (tertiary/aromatic N) is 3. The molecule has 3 rings (SSSR count). The lowest BCUT2D eigenvalue weighted by Crippen LogP contribution is -2.46. The SMILES string of the molecule is CCCCCC(=O)C(O)[C@H]1OC(n2cnc3c(=O)[nH]c(N)nc32)[C@H](OC(C)=O)[C@@H]1OC(C)=O. The summed E-state index contributed by atoms with van der Waals surface area (Å²) in [5.41, 5.74) is 5.01. The third-order valence-electron chi connectivity index (χ3n) is 5.22. The van der Waals surface area contributed by atoms with Gasteiger partial charge in [0, 0.05) is 20.3 Å². The summed E-state index contributed by atoms with van der Waals surface area (Å²) in [7, 11) is 0. The van der Waals surface area contributed by atoms with Crippen LogP contribution >= 0.6 is 0 Å². The van der Waals surface area contributed by atoms with Gasteiger partial charge in [-0.05, 0) is 6.42 Å². The molecule has 0 saturated carbocycles. The summed E-state index contributed by atoms with van der Waals surface area (Å²) >= 11 is 0. The molecule has 1 aliphatic rings. The van der Waals surface area contributed by atoms with E-state index in [1.165, 1.54) is 10.9 Å². The van der Waals surface area contributed by atoms with Crippen LogP contribution in [0.15, 0.2) is 11.1 Å². The molecule has 2 unspecified atom stereocenters. The predicted octanol–water partition coefficient (Wildman–Crippen LogP) is -0.0271. The van der Waals surface area contributed by atoms with Crippen molar-refractivity contribution in [3.63, 3.8) is 0 Å². The number of imidazole rings is 1. The number of unbranched alkanes of at least 4 members (excludes halogenated alkanes) is 2. The van der Waals surface area contributed by atoms with Gasteiger partial charge in [-0.15, -0.1) is 0 Å². The van der Waals surface area contributed by atoms with E-state index in [1.54, 1.807) is 0 Å². The smallest absolute Gasteiger partial charge is 0.303 e. The number of hydrogen-bond acceptors (Lipinski definition) is 11. The second-order valence-corrected chi connectivity index (χ2v) is 7.78. The second-order valence-electron chi connectivity index (χ2n) is 7.78. The van der Waals surface area contributed by atoms with Crippen molar-refractivity contribution in [3.8, 4) is 0 Å². The molecule has 1 saturated heterocycles. The Morgan fingerprint density at radius 2 is 1.91 bits per heavy atom. The maximum atomic E-state index is 12.6. The maximum Gasteiger partial charge on any atom is 0.303 e. The van der Waals surface area contributed by atoms with Crippen LogP contribution in [0.5, 0.6) is 0 Å². The van der Waals surface area contributed by atoms with E-state index >= 15 is 0 Å². The molecule has 2 aromatic rings. The first-order valence-corrected chi connectivity index (χ1v) is 10.6. The molecule has 33 heavy (non-hydrogen) atoms. The number of nitrogens with one attached hydrogen (secondary N) is 1. The van der Waals surface area contributed by atoms with Crippen molar-refractivity contribution in [2.45, 2.75) is 77.1 Å². The van der Waals surface area contributed by atoms with Gasteiger partial charge in [-0.3, -0.25) is 28.7 Å². The second kappa shape index (κ2) is 10.1. The normalized spacial score (nSPS) is 23.4. The standard InChI is InChI=1S/C20H27N5O8/c1-4-5-6-7-11(28)13(29)14-15(31-9(2)26)16(32-10(3)27)19(33-14)25-8-22-12-17(25)23-20(21)24-18(12)30/h8,13-16,19,29H,4-7H2,1-3H3,(H3,21,23,24,30)/t13?,14-,15-,16-,19?/m1/s1. The number of H-pyrrole nitrogens is 1. The lowest BCUT2D eigenvalue weighted by atomic mass is 9.98. The minimum atomic E-state index is -1.65. The Balaban J connectivity index is 2.02. The van der Waals surface area contributed by atoms with Crippen LogP contribution in [0.25, 0.3) is 11.2 Å². The van der Waals surface area contributed by atoms with Crippen molar-refractivity contribution >= 4 is 34.8 Å². The molecule has 3 heterocycles. The van der Waals surface area contributed by atoms with Crippen LogP contribution < -0.4 is 11.3 Å². The molecule has 4 N–H and O–H groups in total. The number of fused-ring (bicyclic) bond motifs is 1. The van der Waals surface area contributed by atoms with E-state index in [9.17, 15) is 24.3 Å². The number of Topliss-reactive ketones (excluding diaryl/α,β-unsaturated/α-hetero) is 1. The summed E-state index contributed by atoms with van der Waals surface area (Å²) in [6, 6.07) is 0. The summed E-state index contributed by atoms with van der Waals surface area (Å²) in [4.78, 5) is 58.8. The number of ketones is 1. The topological polar surface area (TPSA) is 189 Å². The highest BCUT2D eigenvalue weighted by molar-refractivity contribution is 5.83. The highest BCUT2D eigenvalue weighted by Gasteiger charge is 2.54. The van der Waals surface area contributed by atoms with E-state index in [4.69, 9.17) is 19.9 Å². The Hall–Kier alpha value is -3.32. The van der Waals surface area contributed by atoms with Crippen LogP contribution in [0.1, 0.15) is 52.7 Å². The third kappa shape index (κ3) is 5.20. The van der Waals surface area contributed by atoms with Crippen molar-refractivity contribution < 1.29 is 33.7 Å². The van der Waals surface area contributed by atoms with Gasteiger partial charge in [-0.1, -0.05) is 19.8 Å². The minimum absolute atomic E-state index is 0.0180. The van der Waals surface area contributed by atoms with Gasteiger partial charge in [-0.2, -0.15) is 4.98 Å². The van der Waals surface area contributed by atoms with Gasteiger partial charge in [0.1, 0.15) is 12.2 Å². The molecule has 0 aliphatic carbocycles. The molecule has 0 spiro atoms. The molecule has 0 amide bonds. The van der Waals surface area contributed by atoms with Crippen LogP contribution in [0.3, 0.4) is 0 Å². The summed E-state index contributed by atoms with van der Waals surface area (Å²) in [6.07, 6.45) is -3.20. The van der Waals surface area contributed by atoms with Crippen molar-refractivity contribution in [3.05, 3.63) is 16.7 Å². The molecule has 13 nitrogen and oxygen atoms in total. The Bertz CT molecular complexity index is 1100. The summed E-state index contributed by atoms with van der Waals surface area (Å²) in [5, 5.41) is 10.7. The molecule has 1 aliphatic heterocycles. The largest absolute Gasteiger partial charge is 0.455 e. The van der Waals surface area contributed by atoms with Gasteiger partial charge < -0.3 is 25.1 Å². The number of aliphatic hydroxyl groups is 1. The van der Waals surface area contributed by atoms with Crippen molar-refractivity contribution in [1.29, 1.82) is 0 Å². The quantitative estimate of drug-likeness (QED) is 0.333. The minimum Gasteiger partial charge on any atom is -0.455 e. The zero-order valence-electron chi connectivity index (χ0n) is 18.5. The van der Waals surface area contributed by atoms with Gasteiger partial charge in [0.05, 0.1) is 6.33 Å². The number of aromatic nitrogens is 4. The molecule has 0 aromatic carbocycles. The lowest BCUT2D eigenvalue weighted by molar-refractivity contribution is -0.167. The molecule has 2 aromatic heterocycles. The fraction of sp³-hybridized carbons (Fsp3) is 0.600. The van der Waals surface area contributed by atoms with E-state index < -0.39 is 53.9 Å². The Kier molecular flexibility index (Phi) is 7.43. The number of esters is 2. The number of nitrogens with two attached hydrogens (primary N) is 1. The summed E-state index contributed by atoms with van der Waals surface area (Å²) < 4.78 is 17.9. The number of rotatable bonds is 9. The van der Waals surface area contributed by atoms with Crippen LogP contribution in [0.2, 0.25) is 0 Å². The molecule has 0 bridgehead atoms. The number of nitrogen functional groups attached to an aromatic ring is 1. The lowest BCUT2D eigenvalue weighted by Gasteiger charge is -2.25. The fourth-order valence-corrected chi connectivity index (χ4v) is 3.80. The van der Waals surface area contributed by atoms with Crippen LogP contribution in [0.4, 0.5) is 5.95 Å². The van der Waals surface area contributed by atoms with Crippen molar-refractivity contribution in [2.24, 2.45) is 0 Å². The van der Waals surface area contributed by atoms with Crippen LogP contribution in [-0.2, 0) is 28.6 Å². The average Bonchev–Trinajstić information content (AvgIpc) is 3.29. The Labute approximate surface area is 188 Å². The first kappa shape index (κ1) is 24.3. The molecular formula is C20H27N5O8. The fourth-order valence-electron chi connectivity index (χ4n) is 3.80. The zero-order valence-corrected chi connectivity index (χ0v) is 18.5. The number of carbonyl (C=O) groups excluding carboxylic acids is 3. The van der Waals surface area contributed by atoms with Gasteiger partial charge >= 0.3 is 11.9 Å². The first-order chi connectivity index (χ1) is 15.6. The molecular weight excluding hydrogens is 438 g/mol. The first-order valence-electron chi connectivity index (χ1n) is 10.6.